The predicted molar refractivity (Wildman–Crippen MR) is 80.1 cm³/mol. The van der Waals surface area contributed by atoms with Gasteiger partial charge in [-0.1, -0.05) is 66.2 Å². The summed E-state index contributed by atoms with van der Waals surface area (Å²) in [6.07, 6.45) is 18.0. The van der Waals surface area contributed by atoms with Gasteiger partial charge in [-0.15, -0.1) is 0 Å². The zero-order chi connectivity index (χ0) is 13.4. The van der Waals surface area contributed by atoms with E-state index in [-0.39, 0.29) is 50.7 Å². The molecule has 2 rings (SSSR count). The summed E-state index contributed by atoms with van der Waals surface area (Å²) >= 11 is 0. The summed E-state index contributed by atoms with van der Waals surface area (Å²) in [5, 5.41) is 0. The average Bonchev–Trinajstić information content (AvgIpc) is 2.92. The van der Waals surface area contributed by atoms with Gasteiger partial charge in [0.2, 0.25) is 0 Å². The van der Waals surface area contributed by atoms with Crippen molar-refractivity contribution in [2.45, 2.75) is 66.2 Å². The first kappa shape index (κ1) is 26.3. The van der Waals surface area contributed by atoms with Crippen LogP contribution in [0.3, 0.4) is 0 Å². The molecule has 0 amide bonds. The van der Waals surface area contributed by atoms with Gasteiger partial charge in [0.25, 0.3) is 0 Å². The fourth-order valence-corrected chi connectivity index (χ4v) is 2.35. The van der Waals surface area contributed by atoms with E-state index in [0.717, 1.165) is 12.8 Å². The normalized spacial score (nSPS) is 15.0. The topological polar surface area (TPSA) is 0 Å². The first-order chi connectivity index (χ1) is 8.69. The van der Waals surface area contributed by atoms with Crippen LogP contribution in [0.5, 0.6) is 0 Å². The van der Waals surface area contributed by atoms with Crippen molar-refractivity contribution >= 4 is 0 Å². The second-order valence-electron chi connectivity index (χ2n) is 5.06. The maximum absolute atomic E-state index is 3.21. The number of allylic oxidation sites excluding steroid dienone is 8. The molecule has 0 N–H and O–H groups in total. The summed E-state index contributed by atoms with van der Waals surface area (Å²) in [7, 11) is 0. The van der Waals surface area contributed by atoms with Crippen molar-refractivity contribution in [1.82, 2.24) is 0 Å². The second kappa shape index (κ2) is 15.3. The number of halogens is 2. The molecule has 3 heteroatoms. The molecule has 0 aromatic carbocycles. The quantitative estimate of drug-likeness (QED) is 0.376. The molecule has 0 heterocycles. The van der Waals surface area contributed by atoms with E-state index >= 15 is 0 Å². The van der Waals surface area contributed by atoms with E-state index in [2.05, 4.69) is 52.0 Å². The Bertz CT molecular complexity index is 352. The summed E-state index contributed by atoms with van der Waals surface area (Å²) in [6, 6.07) is 0. The van der Waals surface area contributed by atoms with Crippen molar-refractivity contribution in [2.75, 3.05) is 0 Å². The van der Waals surface area contributed by atoms with E-state index in [4.69, 9.17) is 0 Å². The Morgan fingerprint density at radius 2 is 1.14 bits per heavy atom. The summed E-state index contributed by atoms with van der Waals surface area (Å²) in [4.78, 5) is 0. The van der Waals surface area contributed by atoms with Crippen molar-refractivity contribution in [1.29, 1.82) is 0 Å². The van der Waals surface area contributed by atoms with Crippen LogP contribution in [0.1, 0.15) is 66.2 Å². The molecule has 0 fully saturated rings. The van der Waals surface area contributed by atoms with E-state index in [9.17, 15) is 0 Å². The van der Waals surface area contributed by atoms with Crippen molar-refractivity contribution < 1.29 is 50.7 Å². The van der Waals surface area contributed by atoms with Gasteiger partial charge in [0.05, 0.1) is 0 Å². The van der Waals surface area contributed by atoms with E-state index in [1.54, 1.807) is 11.1 Å². The molecule has 0 bridgehead atoms. The standard InChI is InChI=1S/2C9H13.2ClH.Hf/c2*1-3-5-9-7-4-6-8(9)2;;;/h2*4H,3,5,7H2,1-2H3;2*1H;/q2*-1;;;+4/p-2. The van der Waals surface area contributed by atoms with Gasteiger partial charge in [0.1, 0.15) is 0 Å². The third-order valence-electron chi connectivity index (χ3n) is 3.50. The molecule has 0 saturated carbocycles. The third-order valence-corrected chi connectivity index (χ3v) is 3.50. The van der Waals surface area contributed by atoms with Crippen LogP contribution >= 0.6 is 0 Å². The molecule has 0 aromatic rings. The van der Waals surface area contributed by atoms with E-state index in [1.165, 1.54) is 36.8 Å². The summed E-state index contributed by atoms with van der Waals surface area (Å²) in [5.41, 5.74) is 5.91. The SMILES string of the molecule is CCCC1=C(C)[C-]=CC1.CCCC1=C(C)[C-]=CC1.[Cl-].[Cl-].[Hf+4]. The van der Waals surface area contributed by atoms with Crippen LogP contribution in [-0.2, 0) is 25.8 Å². The van der Waals surface area contributed by atoms with Gasteiger partial charge < -0.3 is 24.8 Å². The Labute approximate surface area is 162 Å². The molecule has 116 valence electrons. The number of hydrogen-bond acceptors (Lipinski definition) is 0. The Morgan fingerprint density at radius 3 is 1.33 bits per heavy atom. The van der Waals surface area contributed by atoms with Crippen LogP contribution in [0, 0.1) is 12.2 Å². The minimum absolute atomic E-state index is 0. The molecular formula is C18H26Cl2Hf. The molecule has 0 unspecified atom stereocenters. The minimum atomic E-state index is 0. The third kappa shape index (κ3) is 9.92. The summed E-state index contributed by atoms with van der Waals surface area (Å²) in [5.74, 6) is 0. The maximum atomic E-state index is 3.21. The van der Waals surface area contributed by atoms with Gasteiger partial charge in [-0.2, -0.15) is 12.2 Å². The van der Waals surface area contributed by atoms with Crippen LogP contribution < -0.4 is 24.8 Å². The molecule has 0 aromatic heterocycles. The maximum Gasteiger partial charge on any atom is 4.00 e. The zero-order valence-corrected chi connectivity index (χ0v) is 18.8. The number of hydrogen-bond donors (Lipinski definition) is 0. The Morgan fingerprint density at radius 1 is 0.810 bits per heavy atom. The Kier molecular flexibility index (Phi) is 19.2. The van der Waals surface area contributed by atoms with Crippen LogP contribution in [0.4, 0.5) is 0 Å². The fourth-order valence-electron chi connectivity index (χ4n) is 2.35. The van der Waals surface area contributed by atoms with Crippen LogP contribution in [-0.4, -0.2) is 0 Å². The first-order valence-electron chi connectivity index (χ1n) is 7.22. The summed E-state index contributed by atoms with van der Waals surface area (Å²) < 4.78 is 0. The average molecular weight is 492 g/mol. The smallest absolute Gasteiger partial charge is 1.00 e. The fraction of sp³-hybridized carbons (Fsp3) is 0.556. The van der Waals surface area contributed by atoms with E-state index in [1.807, 2.05) is 0 Å². The first-order valence-corrected chi connectivity index (χ1v) is 7.22. The van der Waals surface area contributed by atoms with Gasteiger partial charge in [-0.25, -0.2) is 22.3 Å². The van der Waals surface area contributed by atoms with Crippen LogP contribution in [0.15, 0.2) is 34.4 Å². The predicted octanol–water partition coefficient (Wildman–Crippen LogP) is -0.262. The molecule has 21 heavy (non-hydrogen) atoms. The second-order valence-corrected chi connectivity index (χ2v) is 5.06. The zero-order valence-electron chi connectivity index (χ0n) is 13.7. The molecule has 2 aliphatic rings. The van der Waals surface area contributed by atoms with Gasteiger partial charge in [-0.05, 0) is 0 Å². The Hall–Kier alpha value is 0.410. The Balaban J connectivity index is -0.000000270. The molecule has 0 saturated heterocycles. The molecule has 0 spiro atoms. The minimum Gasteiger partial charge on any atom is -1.00 e. The molecule has 0 aliphatic heterocycles. The van der Waals surface area contributed by atoms with Crippen LogP contribution in [0.25, 0.3) is 0 Å². The van der Waals surface area contributed by atoms with E-state index in [0.29, 0.717) is 0 Å². The van der Waals surface area contributed by atoms with Crippen molar-refractivity contribution in [3.8, 4) is 0 Å². The van der Waals surface area contributed by atoms with Crippen LogP contribution in [0.2, 0.25) is 0 Å². The molecule has 0 nitrogen and oxygen atoms in total. The van der Waals surface area contributed by atoms with Crippen molar-refractivity contribution in [3.63, 3.8) is 0 Å². The van der Waals surface area contributed by atoms with Crippen molar-refractivity contribution in [2.24, 2.45) is 0 Å². The van der Waals surface area contributed by atoms with E-state index < -0.39 is 0 Å². The summed E-state index contributed by atoms with van der Waals surface area (Å²) in [6.45, 7) is 8.74. The number of rotatable bonds is 4. The van der Waals surface area contributed by atoms with Crippen molar-refractivity contribution in [3.05, 3.63) is 46.6 Å². The molecular weight excluding hydrogens is 466 g/mol. The van der Waals surface area contributed by atoms with Gasteiger partial charge >= 0.3 is 25.8 Å². The van der Waals surface area contributed by atoms with Gasteiger partial charge in [0, 0.05) is 0 Å². The monoisotopic (exact) mass is 492 g/mol. The molecule has 0 radical (unpaired) electrons. The molecule has 0 atom stereocenters. The molecule has 2 aliphatic carbocycles. The van der Waals surface area contributed by atoms with Gasteiger partial charge in [0.15, 0.2) is 0 Å². The van der Waals surface area contributed by atoms with Gasteiger partial charge in [-0.3, -0.25) is 12.2 Å². The largest absolute Gasteiger partial charge is 4.00 e.